The molecule has 0 spiro atoms. The Morgan fingerprint density at radius 2 is 1.75 bits per heavy atom. The summed E-state index contributed by atoms with van der Waals surface area (Å²) in [6.07, 6.45) is 0. The Morgan fingerprint density at radius 1 is 1.06 bits per heavy atom. The topological polar surface area (TPSA) is 83.9 Å². The first-order valence-electron chi connectivity index (χ1n) is 9.67. The molecule has 0 fully saturated rings. The molecule has 0 heterocycles. The zero-order chi connectivity index (χ0) is 23.5. The fourth-order valence-corrected chi connectivity index (χ4v) is 4.64. The van der Waals surface area contributed by atoms with E-state index in [2.05, 4.69) is 0 Å². The minimum Gasteiger partial charge on any atom is -0.489 e. The van der Waals surface area contributed by atoms with E-state index in [1.165, 1.54) is 48.5 Å². The Balaban J connectivity index is 1.82. The quantitative estimate of drug-likeness (QED) is 0.523. The van der Waals surface area contributed by atoms with Crippen LogP contribution < -0.4 is 9.04 Å². The predicted octanol–water partition coefficient (Wildman–Crippen LogP) is 4.77. The van der Waals surface area contributed by atoms with E-state index in [-0.39, 0.29) is 29.2 Å². The second-order valence-electron chi connectivity index (χ2n) is 6.95. The number of aryl methyl sites for hydroxylation is 1. The highest BCUT2D eigenvalue weighted by molar-refractivity contribution is 7.92. The maximum absolute atomic E-state index is 13.8. The van der Waals surface area contributed by atoms with Crippen molar-refractivity contribution in [3.63, 3.8) is 0 Å². The molecular weight excluding hydrogens is 440 g/mol. The van der Waals surface area contributed by atoms with Gasteiger partial charge in [-0.25, -0.2) is 22.0 Å². The van der Waals surface area contributed by atoms with Crippen molar-refractivity contribution < 1.29 is 31.8 Å². The van der Waals surface area contributed by atoms with Gasteiger partial charge in [0.15, 0.2) is 11.6 Å². The molecule has 0 unspecified atom stereocenters. The van der Waals surface area contributed by atoms with Crippen molar-refractivity contribution in [2.45, 2.75) is 25.3 Å². The van der Waals surface area contributed by atoms with Crippen LogP contribution in [0.1, 0.15) is 28.4 Å². The van der Waals surface area contributed by atoms with E-state index < -0.39 is 27.6 Å². The average molecular weight is 461 g/mol. The summed E-state index contributed by atoms with van der Waals surface area (Å²) < 4.78 is 60.0. The zero-order valence-corrected chi connectivity index (χ0v) is 18.2. The Hall–Kier alpha value is -3.46. The van der Waals surface area contributed by atoms with E-state index in [0.29, 0.717) is 17.0 Å². The molecule has 1 N–H and O–H groups in total. The van der Waals surface area contributed by atoms with Crippen molar-refractivity contribution in [1.29, 1.82) is 0 Å². The number of ether oxygens (including phenoxy) is 1. The summed E-state index contributed by atoms with van der Waals surface area (Å²) in [7, 11) is -4.02. The lowest BCUT2D eigenvalue weighted by Gasteiger charge is -2.23. The van der Waals surface area contributed by atoms with E-state index in [1.807, 2.05) is 0 Å². The van der Waals surface area contributed by atoms with Crippen molar-refractivity contribution in [3.8, 4) is 5.75 Å². The van der Waals surface area contributed by atoms with Crippen LogP contribution in [0.15, 0.2) is 65.6 Å². The Labute approximate surface area is 184 Å². The minimum absolute atomic E-state index is 0.0560. The van der Waals surface area contributed by atoms with Crippen LogP contribution in [0, 0.1) is 18.6 Å². The number of nitrogens with zero attached hydrogens (tertiary/aromatic N) is 1. The molecule has 32 heavy (non-hydrogen) atoms. The van der Waals surface area contributed by atoms with Gasteiger partial charge in [0, 0.05) is 12.1 Å². The monoisotopic (exact) mass is 461 g/mol. The summed E-state index contributed by atoms with van der Waals surface area (Å²) in [5.74, 6) is -2.81. The normalized spacial score (nSPS) is 11.2. The maximum Gasteiger partial charge on any atom is 0.335 e. The number of rotatable bonds is 8. The highest BCUT2D eigenvalue weighted by Crippen LogP contribution is 2.27. The van der Waals surface area contributed by atoms with Gasteiger partial charge < -0.3 is 9.84 Å². The number of carboxylic acid groups (broad SMARTS) is 1. The van der Waals surface area contributed by atoms with Crippen molar-refractivity contribution in [2.24, 2.45) is 0 Å². The van der Waals surface area contributed by atoms with E-state index in [0.717, 1.165) is 16.4 Å². The molecule has 3 rings (SSSR count). The predicted molar refractivity (Wildman–Crippen MR) is 115 cm³/mol. The van der Waals surface area contributed by atoms with E-state index in [9.17, 15) is 27.1 Å². The molecule has 0 saturated carbocycles. The zero-order valence-electron chi connectivity index (χ0n) is 17.4. The standard InChI is InChI=1S/C23H21F2NO5S/c1-3-26(32(29,30)19-12-7-15(2)20(13-19)23(27)28)17-8-10-18(11-9-17)31-14-16-5-4-6-21(24)22(16)25/h4-13H,3,14H2,1-2H3,(H,27,28). The Bertz CT molecular complexity index is 1240. The molecule has 0 bridgehead atoms. The van der Waals surface area contributed by atoms with Crippen LogP contribution in [0.5, 0.6) is 5.75 Å². The smallest absolute Gasteiger partial charge is 0.335 e. The van der Waals surface area contributed by atoms with Gasteiger partial charge in [-0.1, -0.05) is 18.2 Å². The number of sulfonamides is 1. The van der Waals surface area contributed by atoms with E-state index >= 15 is 0 Å². The lowest BCUT2D eigenvalue weighted by Crippen LogP contribution is -2.31. The van der Waals surface area contributed by atoms with Crippen LogP contribution in [0.2, 0.25) is 0 Å². The number of hydrogen-bond donors (Lipinski definition) is 1. The van der Waals surface area contributed by atoms with Crippen molar-refractivity contribution in [3.05, 3.63) is 89.0 Å². The third-order valence-corrected chi connectivity index (χ3v) is 6.76. The first-order valence-corrected chi connectivity index (χ1v) is 11.1. The van der Waals surface area contributed by atoms with Crippen molar-refractivity contribution >= 4 is 21.7 Å². The molecule has 0 aromatic heterocycles. The van der Waals surface area contributed by atoms with Crippen LogP contribution in [0.25, 0.3) is 0 Å². The first kappa shape index (κ1) is 23.2. The molecule has 168 valence electrons. The molecule has 3 aromatic carbocycles. The number of anilines is 1. The van der Waals surface area contributed by atoms with Gasteiger partial charge in [0.2, 0.25) is 0 Å². The molecule has 0 aliphatic carbocycles. The number of carboxylic acids is 1. The van der Waals surface area contributed by atoms with Gasteiger partial charge in [0.05, 0.1) is 16.1 Å². The molecule has 0 radical (unpaired) electrons. The first-order chi connectivity index (χ1) is 15.1. The molecule has 0 aliphatic heterocycles. The van der Waals surface area contributed by atoms with Gasteiger partial charge in [-0.3, -0.25) is 4.31 Å². The minimum atomic E-state index is -4.02. The van der Waals surface area contributed by atoms with Crippen LogP contribution in [0.4, 0.5) is 14.5 Å². The number of aromatic carboxylic acids is 1. The summed E-state index contributed by atoms with van der Waals surface area (Å²) in [6.45, 7) is 3.15. The van der Waals surface area contributed by atoms with Gasteiger partial charge >= 0.3 is 5.97 Å². The molecule has 0 atom stereocenters. The lowest BCUT2D eigenvalue weighted by molar-refractivity contribution is 0.0696. The Kier molecular flexibility index (Phi) is 6.78. The summed E-state index contributed by atoms with van der Waals surface area (Å²) in [5.41, 5.74) is 0.765. The maximum atomic E-state index is 13.8. The second-order valence-corrected chi connectivity index (χ2v) is 8.81. The van der Waals surface area contributed by atoms with Gasteiger partial charge in [-0.2, -0.15) is 0 Å². The molecule has 0 amide bonds. The number of halogens is 2. The summed E-state index contributed by atoms with van der Waals surface area (Å²) >= 11 is 0. The van der Waals surface area contributed by atoms with Crippen LogP contribution in [-0.4, -0.2) is 26.0 Å². The fraction of sp³-hybridized carbons (Fsp3) is 0.174. The lowest BCUT2D eigenvalue weighted by atomic mass is 10.1. The highest BCUT2D eigenvalue weighted by Gasteiger charge is 2.25. The fourth-order valence-electron chi connectivity index (χ4n) is 3.14. The van der Waals surface area contributed by atoms with Gasteiger partial charge in [0.1, 0.15) is 12.4 Å². The van der Waals surface area contributed by atoms with Gasteiger partial charge in [-0.05, 0) is 61.9 Å². The number of hydrogen-bond acceptors (Lipinski definition) is 4. The highest BCUT2D eigenvalue weighted by atomic mass is 32.2. The Morgan fingerprint density at radius 3 is 2.38 bits per heavy atom. The van der Waals surface area contributed by atoms with Crippen molar-refractivity contribution in [1.82, 2.24) is 0 Å². The van der Waals surface area contributed by atoms with E-state index in [1.54, 1.807) is 13.8 Å². The molecule has 9 heteroatoms. The van der Waals surface area contributed by atoms with E-state index in [4.69, 9.17) is 4.74 Å². The number of carbonyl (C=O) groups is 1. The number of benzene rings is 3. The molecule has 3 aromatic rings. The van der Waals surface area contributed by atoms with Crippen LogP contribution >= 0.6 is 0 Å². The molecule has 0 aliphatic rings. The summed E-state index contributed by atoms with van der Waals surface area (Å²) in [5, 5.41) is 9.30. The van der Waals surface area contributed by atoms with Gasteiger partial charge in [-0.15, -0.1) is 0 Å². The van der Waals surface area contributed by atoms with Crippen LogP contribution in [0.3, 0.4) is 0 Å². The average Bonchev–Trinajstić information content (AvgIpc) is 2.76. The summed E-state index contributed by atoms with van der Waals surface area (Å²) in [6, 6.07) is 13.8. The van der Waals surface area contributed by atoms with Crippen molar-refractivity contribution in [2.75, 3.05) is 10.8 Å². The molecule has 0 saturated heterocycles. The third-order valence-electron chi connectivity index (χ3n) is 4.87. The third kappa shape index (κ3) is 4.72. The summed E-state index contributed by atoms with van der Waals surface area (Å²) in [4.78, 5) is 11.2. The SMILES string of the molecule is CCN(c1ccc(OCc2cccc(F)c2F)cc1)S(=O)(=O)c1ccc(C)c(C(=O)O)c1. The van der Waals surface area contributed by atoms with Gasteiger partial charge in [0.25, 0.3) is 10.0 Å². The van der Waals surface area contributed by atoms with Crippen LogP contribution in [-0.2, 0) is 16.6 Å². The largest absolute Gasteiger partial charge is 0.489 e. The molecular formula is C23H21F2NO5S. The molecule has 6 nitrogen and oxygen atoms in total. The second kappa shape index (κ2) is 9.35.